The predicted octanol–water partition coefficient (Wildman–Crippen LogP) is 3.55. The van der Waals surface area contributed by atoms with Gasteiger partial charge in [-0.1, -0.05) is 31.1 Å². The Morgan fingerprint density at radius 2 is 1.91 bits per heavy atom. The van der Waals surface area contributed by atoms with E-state index < -0.39 is 17.4 Å². The Morgan fingerprint density at radius 3 is 2.66 bits per heavy atom. The maximum Gasteiger partial charge on any atom is 0.354 e. The summed E-state index contributed by atoms with van der Waals surface area (Å²) >= 11 is 0. The number of benzene rings is 2. The summed E-state index contributed by atoms with van der Waals surface area (Å²) in [6, 6.07) is 12.3. The van der Waals surface area contributed by atoms with E-state index in [9.17, 15) is 18.8 Å². The van der Waals surface area contributed by atoms with Crippen LogP contribution in [0.3, 0.4) is 0 Å². The fraction of sp³-hybridized carbons (Fsp3) is 0.320. The van der Waals surface area contributed by atoms with Gasteiger partial charge >= 0.3 is 5.97 Å². The average molecular weight is 478 g/mol. The zero-order valence-corrected chi connectivity index (χ0v) is 19.2. The molecular formula is C25H23FN4O5. The summed E-state index contributed by atoms with van der Waals surface area (Å²) in [6.07, 6.45) is 0.211. The van der Waals surface area contributed by atoms with Crippen LogP contribution in [0.25, 0.3) is 11.4 Å². The van der Waals surface area contributed by atoms with Gasteiger partial charge in [0.2, 0.25) is 17.4 Å². The number of ether oxygens (including phenoxy) is 1. The molecule has 10 heteroatoms. The van der Waals surface area contributed by atoms with E-state index >= 15 is 0 Å². The number of rotatable bonds is 6. The van der Waals surface area contributed by atoms with Crippen molar-refractivity contribution in [2.24, 2.45) is 5.92 Å². The molecule has 2 aliphatic heterocycles. The molecule has 35 heavy (non-hydrogen) atoms. The van der Waals surface area contributed by atoms with Gasteiger partial charge in [0.05, 0.1) is 11.3 Å². The lowest BCUT2D eigenvalue weighted by Gasteiger charge is -2.48. The normalized spacial score (nSPS) is 19.2. The van der Waals surface area contributed by atoms with Crippen LogP contribution in [-0.2, 0) is 20.9 Å². The maximum absolute atomic E-state index is 13.6. The van der Waals surface area contributed by atoms with Crippen molar-refractivity contribution in [2.75, 3.05) is 11.4 Å². The van der Waals surface area contributed by atoms with Crippen molar-refractivity contribution in [3.05, 3.63) is 65.8 Å². The summed E-state index contributed by atoms with van der Waals surface area (Å²) in [5.41, 5.74) is -0.287. The minimum absolute atomic E-state index is 0.0305. The lowest BCUT2D eigenvalue weighted by molar-refractivity contribution is -0.159. The van der Waals surface area contributed by atoms with Crippen LogP contribution < -0.4 is 4.90 Å². The van der Waals surface area contributed by atoms with Crippen LogP contribution in [0, 0.1) is 11.7 Å². The number of hydrogen-bond donors (Lipinski definition) is 0. The summed E-state index contributed by atoms with van der Waals surface area (Å²) in [5, 5.41) is 3.85. The van der Waals surface area contributed by atoms with Gasteiger partial charge in [0.25, 0.3) is 11.8 Å². The van der Waals surface area contributed by atoms with Crippen LogP contribution >= 0.6 is 0 Å². The molecule has 0 aliphatic carbocycles. The zero-order chi connectivity index (χ0) is 24.7. The zero-order valence-electron chi connectivity index (χ0n) is 19.2. The van der Waals surface area contributed by atoms with Gasteiger partial charge in [0.15, 0.2) is 6.61 Å². The van der Waals surface area contributed by atoms with E-state index in [1.54, 1.807) is 24.3 Å². The molecule has 9 nitrogen and oxygen atoms in total. The van der Waals surface area contributed by atoms with Gasteiger partial charge in [0, 0.05) is 24.9 Å². The number of nitrogens with zero attached hydrogens (tertiary/aromatic N) is 4. The molecule has 1 unspecified atom stereocenters. The third kappa shape index (κ3) is 3.74. The molecule has 0 saturated carbocycles. The first-order valence-corrected chi connectivity index (χ1v) is 11.3. The minimum atomic E-state index is -1.59. The molecule has 2 amide bonds. The molecule has 1 atom stereocenters. The number of amides is 2. The number of hydrogen-bond acceptors (Lipinski definition) is 7. The molecule has 180 valence electrons. The van der Waals surface area contributed by atoms with Gasteiger partial charge in [-0.3, -0.25) is 14.5 Å². The Hall–Kier alpha value is -4.08. The smallest absolute Gasteiger partial charge is 0.354 e. The molecule has 1 aromatic heterocycles. The highest BCUT2D eigenvalue weighted by Crippen LogP contribution is 2.45. The minimum Gasteiger partial charge on any atom is -0.452 e. The summed E-state index contributed by atoms with van der Waals surface area (Å²) in [7, 11) is 0. The van der Waals surface area contributed by atoms with Gasteiger partial charge in [-0.05, 0) is 42.3 Å². The Labute approximate surface area is 200 Å². The second-order valence-electron chi connectivity index (χ2n) is 8.97. The summed E-state index contributed by atoms with van der Waals surface area (Å²) in [4.78, 5) is 47.2. The van der Waals surface area contributed by atoms with E-state index in [-0.39, 0.29) is 55.4 Å². The Bertz CT molecular complexity index is 1310. The van der Waals surface area contributed by atoms with Crippen LogP contribution in [0.1, 0.15) is 42.9 Å². The van der Waals surface area contributed by atoms with Crippen LogP contribution in [0.4, 0.5) is 10.1 Å². The average Bonchev–Trinajstić information content (AvgIpc) is 3.46. The third-order valence-corrected chi connectivity index (χ3v) is 6.15. The predicted molar refractivity (Wildman–Crippen MR) is 121 cm³/mol. The second kappa shape index (κ2) is 8.61. The largest absolute Gasteiger partial charge is 0.452 e. The summed E-state index contributed by atoms with van der Waals surface area (Å²) in [6.45, 7) is 3.79. The van der Waals surface area contributed by atoms with E-state index in [4.69, 9.17) is 9.26 Å². The van der Waals surface area contributed by atoms with Crippen LogP contribution in [0.2, 0.25) is 0 Å². The lowest BCUT2D eigenvalue weighted by Crippen LogP contribution is -2.69. The highest BCUT2D eigenvalue weighted by atomic mass is 19.1. The molecule has 1 fully saturated rings. The Morgan fingerprint density at radius 1 is 1.17 bits per heavy atom. The molecule has 3 aromatic rings. The number of halogens is 1. The van der Waals surface area contributed by atoms with Crippen molar-refractivity contribution < 1.29 is 28.0 Å². The molecule has 2 aliphatic rings. The third-order valence-electron chi connectivity index (χ3n) is 6.15. The van der Waals surface area contributed by atoms with Crippen LogP contribution in [-0.4, -0.2) is 45.0 Å². The fourth-order valence-corrected chi connectivity index (χ4v) is 4.64. The molecule has 2 aromatic carbocycles. The molecule has 0 bridgehead atoms. The van der Waals surface area contributed by atoms with Crippen molar-refractivity contribution in [3.8, 4) is 11.4 Å². The topological polar surface area (TPSA) is 106 Å². The maximum atomic E-state index is 13.6. The van der Waals surface area contributed by atoms with Crippen molar-refractivity contribution in [1.82, 2.24) is 15.0 Å². The summed E-state index contributed by atoms with van der Waals surface area (Å²) in [5.74, 6) is -1.43. The molecule has 5 rings (SSSR count). The number of fused-ring (bicyclic) bond motifs is 3. The van der Waals surface area contributed by atoms with Crippen LogP contribution in [0.15, 0.2) is 53.1 Å². The van der Waals surface area contributed by atoms with Crippen molar-refractivity contribution in [3.63, 3.8) is 0 Å². The van der Waals surface area contributed by atoms with E-state index in [1.165, 1.54) is 34.1 Å². The van der Waals surface area contributed by atoms with Gasteiger partial charge < -0.3 is 14.2 Å². The molecule has 0 spiro atoms. The highest BCUT2D eigenvalue weighted by molar-refractivity contribution is 6.15. The van der Waals surface area contributed by atoms with Crippen LogP contribution in [0.5, 0.6) is 0 Å². The summed E-state index contributed by atoms with van der Waals surface area (Å²) < 4.78 is 24.0. The number of anilines is 1. The monoisotopic (exact) mass is 478 g/mol. The lowest BCUT2D eigenvalue weighted by atomic mass is 9.95. The van der Waals surface area contributed by atoms with Crippen molar-refractivity contribution in [1.29, 1.82) is 0 Å². The number of aromatic nitrogens is 2. The van der Waals surface area contributed by atoms with E-state index in [0.717, 1.165) is 0 Å². The van der Waals surface area contributed by atoms with E-state index in [1.807, 2.05) is 13.8 Å². The van der Waals surface area contributed by atoms with Crippen molar-refractivity contribution >= 4 is 23.5 Å². The first-order chi connectivity index (χ1) is 16.8. The molecular weight excluding hydrogens is 455 g/mol. The van der Waals surface area contributed by atoms with Gasteiger partial charge in [-0.25, -0.2) is 9.18 Å². The first-order valence-electron chi connectivity index (χ1n) is 11.3. The molecule has 3 heterocycles. The van der Waals surface area contributed by atoms with Gasteiger partial charge in [0.1, 0.15) is 5.82 Å². The fourth-order valence-electron chi connectivity index (χ4n) is 4.64. The highest BCUT2D eigenvalue weighted by Gasteiger charge is 2.62. The quantitative estimate of drug-likeness (QED) is 0.499. The van der Waals surface area contributed by atoms with E-state index in [0.29, 0.717) is 16.8 Å². The number of para-hydroxylation sites is 1. The number of esters is 1. The molecule has 0 N–H and O–H groups in total. The van der Waals surface area contributed by atoms with Gasteiger partial charge in [-0.2, -0.15) is 4.98 Å². The number of carbonyl (C=O) groups is 3. The van der Waals surface area contributed by atoms with E-state index in [2.05, 4.69) is 10.1 Å². The molecule has 1 saturated heterocycles. The standard InChI is InChI=1S/C25H23FN4O5/c1-15(2)13-29-23(32)18-5-3-4-6-19(18)30-21(31)11-12-25(29,30)24(33)34-14-20-27-22(28-35-20)16-7-9-17(26)10-8-16/h3-10,15H,11-14H2,1-2H3. The van der Waals surface area contributed by atoms with Crippen molar-refractivity contribution in [2.45, 2.75) is 39.0 Å². The molecule has 0 radical (unpaired) electrons. The van der Waals surface area contributed by atoms with Gasteiger partial charge in [-0.15, -0.1) is 0 Å². The first kappa shape index (κ1) is 22.7. The number of carbonyl (C=O) groups excluding carboxylic acids is 3. The SMILES string of the molecule is CC(C)CN1C(=O)c2ccccc2N2C(=O)CCC12C(=O)OCc1nc(-c2ccc(F)cc2)no1. The Kier molecular flexibility index (Phi) is 5.58. The Balaban J connectivity index is 1.45. The second-order valence-corrected chi connectivity index (χ2v) is 8.97.